The number of carbonyl (C=O) groups excluding carboxylic acids is 13. The van der Waals surface area contributed by atoms with Crippen molar-refractivity contribution in [2.45, 2.75) is 373 Å². The van der Waals surface area contributed by atoms with E-state index in [4.69, 9.17) is 9.47 Å². The van der Waals surface area contributed by atoms with Gasteiger partial charge in [0.2, 0.25) is 47.3 Å². The fourth-order valence-electron chi connectivity index (χ4n) is 18.5. The number of hydrogen-bond donors (Lipinski definition) is 8. The highest BCUT2D eigenvalue weighted by Crippen LogP contribution is 2.42. The van der Waals surface area contributed by atoms with Gasteiger partial charge in [0.1, 0.15) is 29.9 Å². The zero-order valence-corrected chi connectivity index (χ0v) is 82.6. The fourth-order valence-corrected chi connectivity index (χ4v) is 18.5. The number of nitrogens with zero attached hydrogens (tertiary/aromatic N) is 4. The summed E-state index contributed by atoms with van der Waals surface area (Å²) in [5.74, 6) is -10.2. The first-order chi connectivity index (χ1) is 64.0. The van der Waals surface area contributed by atoms with E-state index in [9.17, 15) is 87.5 Å². The third kappa shape index (κ3) is 37.0. The predicted molar refractivity (Wildman–Crippen MR) is 518 cm³/mol. The molecular formula is C106H160N8O20. The zero-order chi connectivity index (χ0) is 98.5. The van der Waals surface area contributed by atoms with Crippen LogP contribution in [-0.4, -0.2) is 225 Å². The van der Waals surface area contributed by atoms with Crippen LogP contribution >= 0.6 is 0 Å². The molecule has 1 aromatic rings. The second kappa shape index (κ2) is 59.9. The van der Waals surface area contributed by atoms with Crippen molar-refractivity contribution >= 4 is 82.3 Å². The summed E-state index contributed by atoms with van der Waals surface area (Å²) in [4.78, 5) is 194. The summed E-state index contributed by atoms with van der Waals surface area (Å²) < 4.78 is 11.0. The van der Waals surface area contributed by atoms with Gasteiger partial charge in [-0.1, -0.05) is 262 Å². The third-order valence-corrected chi connectivity index (χ3v) is 27.4. The highest BCUT2D eigenvalue weighted by atomic mass is 16.5. The molecule has 6 aliphatic rings. The number of benzene rings is 1. The maximum Gasteiger partial charge on any atom is 0.328 e. The molecule has 4 aliphatic carbocycles. The lowest BCUT2D eigenvalue weighted by atomic mass is 9.74. The van der Waals surface area contributed by atoms with Crippen LogP contribution in [0.5, 0.6) is 0 Å². The van der Waals surface area contributed by atoms with Gasteiger partial charge in [0.05, 0.1) is 57.2 Å². The van der Waals surface area contributed by atoms with E-state index >= 15 is 0 Å². The Morgan fingerprint density at radius 1 is 0.493 bits per heavy atom. The van der Waals surface area contributed by atoms with Gasteiger partial charge in [-0.05, 0) is 110 Å². The Bertz CT molecular complexity index is 4350. The Kier molecular flexibility index (Phi) is 50.5. The van der Waals surface area contributed by atoms with E-state index in [2.05, 4.69) is 54.2 Å². The number of Topliss-reactive ketones (excluding diaryl/α,β-unsaturated/α-hetero) is 4. The summed E-state index contributed by atoms with van der Waals surface area (Å²) in [6, 6.07) is 0.938. The van der Waals surface area contributed by atoms with Crippen LogP contribution in [0.4, 0.5) is 0 Å². The number of nitrogens with one attached hydrogen (secondary N) is 4. The molecule has 28 nitrogen and oxygen atoms in total. The van der Waals surface area contributed by atoms with Crippen LogP contribution < -0.4 is 21.3 Å². The number of aliphatic hydroxyl groups excluding tert-OH is 3. The summed E-state index contributed by atoms with van der Waals surface area (Å²) in [6.07, 6.45) is 44.6. The lowest BCUT2D eigenvalue weighted by Crippen LogP contribution is -2.53. The number of ether oxygens (including phenoxy) is 2. The van der Waals surface area contributed by atoms with Crippen molar-refractivity contribution in [3.8, 4) is 0 Å². The van der Waals surface area contributed by atoms with Crippen LogP contribution in [0.25, 0.3) is 0 Å². The summed E-state index contributed by atoms with van der Waals surface area (Å²) >= 11 is 0. The monoisotopic (exact) mass is 1870 g/mol. The van der Waals surface area contributed by atoms with E-state index in [1.54, 1.807) is 46.2 Å². The molecule has 134 heavy (non-hydrogen) atoms. The Balaban J connectivity index is 0.000000415. The zero-order valence-electron chi connectivity index (χ0n) is 82.6. The van der Waals surface area contributed by atoms with Crippen LogP contribution in [0, 0.1) is 29.6 Å². The van der Waals surface area contributed by atoms with Gasteiger partial charge in [-0.25, -0.2) is 9.59 Å². The molecule has 0 saturated heterocycles. The second-order valence-electron chi connectivity index (χ2n) is 38.2. The molecule has 0 spiro atoms. The number of carboxylic acid groups (broad SMARTS) is 1. The molecule has 0 aromatic heterocycles. The van der Waals surface area contributed by atoms with Gasteiger partial charge in [-0.15, -0.1) is 0 Å². The van der Waals surface area contributed by atoms with E-state index < -0.39 is 144 Å². The molecule has 8 amide bonds. The quantitative estimate of drug-likeness (QED) is 0.0222. The molecule has 7 rings (SSSR count). The number of methoxy groups -OCH3 is 1. The molecule has 2 aliphatic heterocycles. The number of hydrogen-bond acceptors (Lipinski definition) is 19. The van der Waals surface area contributed by atoms with Crippen LogP contribution in [0.2, 0.25) is 0 Å². The van der Waals surface area contributed by atoms with Crippen LogP contribution in [0.3, 0.4) is 0 Å². The number of carbonyl (C=O) groups is 14. The number of carboxylic acids is 1. The number of fused-ring (bicyclic) bond motifs is 8. The molecular weight excluding hydrogens is 1710 g/mol. The average Bonchev–Trinajstić information content (AvgIpc) is 0.788. The number of allylic oxidation sites excluding steroid dienone is 8. The maximum absolute atomic E-state index is 14.4. The first-order valence-corrected chi connectivity index (χ1v) is 49.9. The number of ketones is 4. The fraction of sp³-hybridized carbons (Fsp3) is 0.660. The molecule has 1 aromatic carbocycles. The van der Waals surface area contributed by atoms with Crippen molar-refractivity contribution < 1.29 is 97.0 Å². The van der Waals surface area contributed by atoms with Crippen molar-refractivity contribution in [3.63, 3.8) is 0 Å². The Morgan fingerprint density at radius 3 is 1.36 bits per heavy atom. The van der Waals surface area contributed by atoms with Crippen molar-refractivity contribution in [1.29, 1.82) is 0 Å². The van der Waals surface area contributed by atoms with E-state index in [0.717, 1.165) is 79.2 Å². The van der Waals surface area contributed by atoms with Crippen molar-refractivity contribution in [2.75, 3.05) is 48.5 Å². The molecule has 2 unspecified atom stereocenters. The normalized spacial score (nSPS) is 21.8. The molecule has 0 radical (unpaired) electrons. The van der Waals surface area contributed by atoms with Crippen molar-refractivity contribution in [3.05, 3.63) is 129 Å². The standard InChI is InChI=1S/C58H86N4O9.C48H74N4O11/c1-9-10-11-12-13-14-15-16-17-18-19-20-24-27-53(65)61(6)50(39-71-38-44-25-22-21-23-26-44)57(68)59-43(5)51(63)32-33-54(66)62(7)55-46-31-29-41(3)48(37-46)47-35-45(30-28-40(47)2)36-49(58(69)70-8)60-56(67)42(4)34-52(55)64;1-6-7-8-9-10-11-12-13-14-15-16-17-18-19-43(58)51(4)38(30-53)47(61)49-32(3)39(54)24-25-44(59)52(5)45-34-21-23-41(56)36(29-34)35-27-33(20-22-40(35)55)28-37(48(62)63)50-46(60)31(2)26-42(45)57/h21-23,25-26,29-31,35,40,42-43,46,49-50,55H,9-20,24,27-28,32-34,36-39H2,1-8H3,(H,59,68)(H,60,67);20-21,23,27,31-32,34,37-38,40,45,53,55-56H,6-19,22,24-26,28-30H2,1-5H3,(H,49,61)(H,50,60)(H,62,63)/t40?,42-,43-,46+,49+,50-,55+;31-,32-,34+,37+,38-,40?,45+/m11/s1. The first-order valence-electron chi connectivity index (χ1n) is 49.9. The second-order valence-corrected chi connectivity index (χ2v) is 38.2. The lowest BCUT2D eigenvalue weighted by molar-refractivity contribution is -0.146. The van der Waals surface area contributed by atoms with Gasteiger partial charge < -0.3 is 70.8 Å². The van der Waals surface area contributed by atoms with Crippen LogP contribution in [0.1, 0.15) is 318 Å². The van der Waals surface area contributed by atoms with E-state index in [-0.39, 0.29) is 119 Å². The van der Waals surface area contributed by atoms with Crippen LogP contribution in [0.15, 0.2) is 124 Å². The molecule has 2 heterocycles. The first kappa shape index (κ1) is 113. The van der Waals surface area contributed by atoms with Crippen molar-refractivity contribution in [2.24, 2.45) is 29.6 Å². The summed E-state index contributed by atoms with van der Waals surface area (Å²) in [6.45, 7) is 14.3. The van der Waals surface area contributed by atoms with Gasteiger partial charge in [0.15, 0.2) is 23.1 Å². The van der Waals surface area contributed by atoms with Gasteiger partial charge in [-0.2, -0.15) is 0 Å². The molecule has 14 atom stereocenters. The van der Waals surface area contributed by atoms with E-state index in [1.165, 1.54) is 176 Å². The van der Waals surface area contributed by atoms with E-state index in [1.807, 2.05) is 49.4 Å². The number of esters is 1. The predicted octanol–water partition coefficient (Wildman–Crippen LogP) is 15.2. The Hall–Kier alpha value is -9.80. The van der Waals surface area contributed by atoms with Gasteiger partial charge in [-0.3, -0.25) is 57.5 Å². The Morgan fingerprint density at radius 2 is 0.903 bits per heavy atom. The minimum absolute atomic E-state index is 0.0415. The number of unbranched alkanes of at least 4 members (excludes halogenated alkanes) is 24. The number of amides is 8. The molecule has 28 heteroatoms. The van der Waals surface area contributed by atoms with Gasteiger partial charge >= 0.3 is 11.9 Å². The number of aliphatic carboxylic acids is 1. The molecule has 744 valence electrons. The summed E-state index contributed by atoms with van der Waals surface area (Å²) in [5, 5.41) is 52.5. The topological polar surface area (TPSA) is 399 Å². The number of aliphatic hydroxyl groups is 3. The SMILES string of the molecule is CCCCCCCCCCCCCCCC(=O)N(C)[C@H](CO)C(=O)N[C@H](C)C(=O)CCC(=O)N(C)[C@@H]1C(=O)C[C@@H](C)C(=O)N[C@H](C(=O)O)CC2=CCC(O)C(=C2)C2=C(O)C=C[C@H]1C2.CCCCCCCCCCCCCCCC(=O)N(C)[C@H](COCc1ccccc1)C(=O)N[C@H](C)C(=O)CCC(=O)N(C)[C@@H]1C(=O)C[C@@H](C)C(=O)N[C@H](C(=O)OC)CC2=CCC(C)C(=C2)C2=C(C)C=C[C@H]1C2. The Labute approximate surface area is 796 Å². The molecule has 8 N–H and O–H groups in total. The highest BCUT2D eigenvalue weighted by Gasteiger charge is 2.43. The number of rotatable bonds is 51. The number of likely N-dealkylation sites (N-methyl/N-ethyl adjacent to an activating group) is 4. The average molecular weight is 1870 g/mol. The van der Waals surface area contributed by atoms with Crippen LogP contribution in [-0.2, 0) is 83.2 Å². The summed E-state index contributed by atoms with van der Waals surface area (Å²) in [5.41, 5.74) is 6.28. The maximum atomic E-state index is 14.4. The third-order valence-electron chi connectivity index (χ3n) is 27.4. The van der Waals surface area contributed by atoms with Gasteiger partial charge in [0.25, 0.3) is 0 Å². The molecule has 0 saturated carbocycles. The molecule has 8 bridgehead atoms. The summed E-state index contributed by atoms with van der Waals surface area (Å²) in [7, 11) is 7.30. The van der Waals surface area contributed by atoms with Gasteiger partial charge in [0, 0.05) is 122 Å². The minimum Gasteiger partial charge on any atom is -0.508 e. The van der Waals surface area contributed by atoms with Crippen molar-refractivity contribution in [1.82, 2.24) is 40.9 Å². The smallest absolute Gasteiger partial charge is 0.328 e. The van der Waals surface area contributed by atoms with E-state index in [0.29, 0.717) is 36.0 Å². The molecule has 0 fully saturated rings. The largest absolute Gasteiger partial charge is 0.508 e. The lowest BCUT2D eigenvalue weighted by Gasteiger charge is -2.37. The highest BCUT2D eigenvalue weighted by molar-refractivity contribution is 5.98. The minimum atomic E-state index is -1.32.